The molecule has 0 radical (unpaired) electrons. The smallest absolute Gasteiger partial charge is 0.228 e. The van der Waals surface area contributed by atoms with Crippen molar-refractivity contribution in [2.75, 3.05) is 0 Å². The first kappa shape index (κ1) is 45.5. The lowest BCUT2D eigenvalue weighted by Crippen LogP contribution is -1.97. The van der Waals surface area contributed by atoms with E-state index in [-0.39, 0.29) is 5.78 Å². The second-order valence-electron chi connectivity index (χ2n) is 12.6. The van der Waals surface area contributed by atoms with Crippen molar-refractivity contribution < 1.29 is 15.0 Å². The van der Waals surface area contributed by atoms with Gasteiger partial charge in [-0.05, 0) is 108 Å². The Kier molecular flexibility index (Phi) is 36.2. The van der Waals surface area contributed by atoms with Gasteiger partial charge in [0.2, 0.25) is 5.78 Å². The summed E-state index contributed by atoms with van der Waals surface area (Å²) < 4.78 is 0. The number of unbranched alkanes of at least 4 members (excludes halogenated alkanes) is 21. The molecule has 0 aromatic carbocycles. The van der Waals surface area contributed by atoms with Gasteiger partial charge in [0.25, 0.3) is 0 Å². The Morgan fingerprint density at radius 1 is 0.531 bits per heavy atom. The Hall–Kier alpha value is -3.47. The molecule has 3 heteroatoms. The molecule has 0 saturated carbocycles. The molecule has 2 N–H and O–H groups in total. The van der Waals surface area contributed by atoms with Gasteiger partial charge in [-0.25, -0.2) is 0 Å². The van der Waals surface area contributed by atoms with Gasteiger partial charge in [0.05, 0.1) is 0 Å². The topological polar surface area (TPSA) is 57.5 Å². The van der Waals surface area contributed by atoms with E-state index in [0.717, 1.165) is 70.6 Å². The summed E-state index contributed by atoms with van der Waals surface area (Å²) in [6.07, 6.45) is 58.0. The molecule has 49 heavy (non-hydrogen) atoms. The van der Waals surface area contributed by atoms with Crippen LogP contribution in [-0.4, -0.2) is 28.2 Å². The molecule has 2 atom stereocenters. The third-order valence-corrected chi connectivity index (χ3v) is 8.05. The summed E-state index contributed by atoms with van der Waals surface area (Å²) in [4.78, 5) is 11.0. The number of carbonyl (C=O) groups is 1. The Balaban J connectivity index is 3.52. The number of aliphatic hydroxyl groups excluding tert-OH is 2. The van der Waals surface area contributed by atoms with Gasteiger partial charge in [-0.1, -0.05) is 143 Å². The first-order chi connectivity index (χ1) is 24.1. The number of aliphatic hydroxyl groups is 2. The van der Waals surface area contributed by atoms with Crippen LogP contribution in [0.2, 0.25) is 0 Å². The maximum absolute atomic E-state index is 11.0. The largest absolute Gasteiger partial charge is 0.377 e. The second-order valence-corrected chi connectivity index (χ2v) is 12.6. The molecule has 1 unspecified atom stereocenters. The van der Waals surface area contributed by atoms with E-state index in [2.05, 4.69) is 65.9 Å². The Morgan fingerprint density at radius 3 is 1.51 bits per heavy atom. The van der Waals surface area contributed by atoms with E-state index < -0.39 is 12.2 Å². The number of ketones is 1. The van der Waals surface area contributed by atoms with Crippen LogP contribution in [0.15, 0.2) is 60.8 Å². The lowest BCUT2D eigenvalue weighted by molar-refractivity contribution is -0.109. The number of terminal acetylenes is 2. The Labute approximate surface area is 301 Å². The average Bonchev–Trinajstić information content (AvgIpc) is 3.11. The van der Waals surface area contributed by atoms with Crippen LogP contribution in [0.3, 0.4) is 0 Å². The summed E-state index contributed by atoms with van der Waals surface area (Å²) in [5.74, 6) is 15.7. The summed E-state index contributed by atoms with van der Waals surface area (Å²) >= 11 is 0. The van der Waals surface area contributed by atoms with Crippen LogP contribution >= 0.6 is 0 Å². The zero-order valence-corrected chi connectivity index (χ0v) is 30.6. The summed E-state index contributed by atoms with van der Waals surface area (Å²) in [6.45, 7) is 0. The SMILES string of the molecule is C#CC(=O)/C=C/CCCCCCCCCCCCC/C=C\CC/C=C/C#CC(O)C#CCCCC/C=C\CCCCCC/C=C/[C@H](O)C#C. The minimum absolute atomic E-state index is 0.235. The van der Waals surface area contributed by atoms with E-state index in [1.807, 2.05) is 18.2 Å². The molecule has 0 spiro atoms. The van der Waals surface area contributed by atoms with Crippen molar-refractivity contribution in [2.45, 2.75) is 173 Å². The fraction of sp³-hybridized carbons (Fsp3) is 0.587. The van der Waals surface area contributed by atoms with Crippen molar-refractivity contribution in [1.82, 2.24) is 0 Å². The molecule has 0 aromatic heterocycles. The molecule has 0 fully saturated rings. The zero-order chi connectivity index (χ0) is 35.7. The second kappa shape index (κ2) is 39.0. The number of hydrogen-bond donors (Lipinski definition) is 2. The van der Waals surface area contributed by atoms with Gasteiger partial charge in [-0.2, -0.15) is 0 Å². The van der Waals surface area contributed by atoms with Crippen molar-refractivity contribution in [2.24, 2.45) is 0 Å². The van der Waals surface area contributed by atoms with E-state index in [1.54, 1.807) is 6.08 Å². The van der Waals surface area contributed by atoms with E-state index in [9.17, 15) is 15.0 Å². The summed E-state index contributed by atoms with van der Waals surface area (Å²) in [7, 11) is 0. The van der Waals surface area contributed by atoms with Crippen LogP contribution in [0.5, 0.6) is 0 Å². The molecule has 268 valence electrons. The highest BCUT2D eigenvalue weighted by atomic mass is 16.3. The fourth-order valence-electron chi connectivity index (χ4n) is 5.13. The van der Waals surface area contributed by atoms with E-state index in [1.165, 1.54) is 96.0 Å². The molecular weight excluding hydrogens is 601 g/mol. The van der Waals surface area contributed by atoms with Crippen molar-refractivity contribution in [3.05, 3.63) is 60.8 Å². The highest BCUT2D eigenvalue weighted by Gasteiger charge is 1.95. The first-order valence-electron chi connectivity index (χ1n) is 19.2. The predicted molar refractivity (Wildman–Crippen MR) is 211 cm³/mol. The first-order valence-corrected chi connectivity index (χ1v) is 19.2. The molecule has 3 nitrogen and oxygen atoms in total. The summed E-state index contributed by atoms with van der Waals surface area (Å²) in [5, 5.41) is 19.2. The van der Waals surface area contributed by atoms with Crippen LogP contribution < -0.4 is 0 Å². The monoisotopic (exact) mass is 667 g/mol. The third kappa shape index (κ3) is 38.9. The molecule has 0 aliphatic carbocycles. The third-order valence-electron chi connectivity index (χ3n) is 8.05. The van der Waals surface area contributed by atoms with Gasteiger partial charge < -0.3 is 10.2 Å². The lowest BCUT2D eigenvalue weighted by atomic mass is 10.0. The lowest BCUT2D eigenvalue weighted by Gasteiger charge is -2.02. The van der Waals surface area contributed by atoms with Gasteiger partial charge in [0, 0.05) is 6.42 Å². The minimum atomic E-state index is -0.876. The molecule has 0 amide bonds. The molecule has 0 rings (SSSR count). The van der Waals surface area contributed by atoms with Gasteiger partial charge >= 0.3 is 0 Å². The van der Waals surface area contributed by atoms with E-state index in [4.69, 9.17) is 12.8 Å². The van der Waals surface area contributed by atoms with Gasteiger partial charge in [0.15, 0.2) is 6.10 Å². The van der Waals surface area contributed by atoms with Gasteiger partial charge in [-0.3, -0.25) is 4.79 Å². The van der Waals surface area contributed by atoms with Gasteiger partial charge in [0.1, 0.15) is 6.10 Å². The van der Waals surface area contributed by atoms with Crippen LogP contribution in [-0.2, 0) is 4.79 Å². The Morgan fingerprint density at radius 2 is 0.980 bits per heavy atom. The van der Waals surface area contributed by atoms with Crippen LogP contribution in [0.1, 0.15) is 161 Å². The average molecular weight is 667 g/mol. The maximum Gasteiger partial charge on any atom is 0.228 e. The predicted octanol–water partition coefficient (Wildman–Crippen LogP) is 11.1. The van der Waals surface area contributed by atoms with Crippen molar-refractivity contribution in [3.63, 3.8) is 0 Å². The quantitative estimate of drug-likeness (QED) is 0.0264. The van der Waals surface area contributed by atoms with Crippen molar-refractivity contribution in [3.8, 4) is 48.4 Å². The molecular formula is C46H66O3. The van der Waals surface area contributed by atoms with E-state index >= 15 is 0 Å². The molecule has 0 bridgehead atoms. The molecule has 0 heterocycles. The normalized spacial score (nSPS) is 12.7. The molecule has 0 aliphatic rings. The molecule has 0 saturated heterocycles. The molecule has 0 aliphatic heterocycles. The summed E-state index contributed by atoms with van der Waals surface area (Å²) in [5.41, 5.74) is 0. The van der Waals surface area contributed by atoms with Crippen LogP contribution in [0, 0.1) is 48.4 Å². The van der Waals surface area contributed by atoms with Crippen molar-refractivity contribution in [1.29, 1.82) is 0 Å². The Bertz CT molecular complexity index is 1150. The highest BCUT2D eigenvalue weighted by molar-refractivity contribution is 6.03. The molecule has 0 aromatic rings. The van der Waals surface area contributed by atoms with Crippen LogP contribution in [0.4, 0.5) is 0 Å². The number of rotatable bonds is 30. The van der Waals surface area contributed by atoms with E-state index in [0.29, 0.717) is 0 Å². The van der Waals surface area contributed by atoms with Gasteiger partial charge in [-0.15, -0.1) is 12.8 Å². The summed E-state index contributed by atoms with van der Waals surface area (Å²) in [6, 6.07) is 0. The maximum atomic E-state index is 11.0. The zero-order valence-electron chi connectivity index (χ0n) is 30.6. The number of carbonyl (C=O) groups excluding carboxylic acids is 1. The highest BCUT2D eigenvalue weighted by Crippen LogP contribution is 2.13. The number of hydrogen-bond acceptors (Lipinski definition) is 3. The standard InChI is InChI=1S/C46H66O3/c1-3-44(47)40-36-32-28-24-20-16-12-10-8-6-5-7-9-11-13-18-22-26-30-34-38-42-46(49)43-39-35-31-27-23-19-15-14-17-21-25-29-33-37-41-45(48)4-2/h1-2,13,15,18-19,30,34,36-37,40-41,45-46,48-49H,5-12,14,16-17,20-29,31-33,35H2/b18-13-,19-15-,34-30+,40-36+,41-37+/t45-,46?/m1/s1. The minimum Gasteiger partial charge on any atom is -0.377 e. The van der Waals surface area contributed by atoms with Crippen LogP contribution in [0.25, 0.3) is 0 Å². The fourth-order valence-corrected chi connectivity index (χ4v) is 5.13. The number of allylic oxidation sites excluding steroid dienone is 9. The van der Waals surface area contributed by atoms with Crippen molar-refractivity contribution >= 4 is 5.78 Å².